The molecule has 2 aromatic heterocycles. The topological polar surface area (TPSA) is 70.7 Å². The summed E-state index contributed by atoms with van der Waals surface area (Å²) in [5, 5.41) is 3.21. The fourth-order valence-electron chi connectivity index (χ4n) is 4.61. The molecule has 0 spiro atoms. The van der Waals surface area contributed by atoms with Crippen LogP contribution in [0.1, 0.15) is 79.8 Å². The van der Waals surface area contributed by atoms with Gasteiger partial charge in [0.15, 0.2) is 5.65 Å². The highest BCUT2D eigenvalue weighted by atomic mass is 16.1. The maximum Gasteiger partial charge on any atom is 0.255 e. The Hall–Kier alpha value is -1.91. The lowest BCUT2D eigenvalue weighted by Crippen LogP contribution is -2.34. The van der Waals surface area contributed by atoms with Gasteiger partial charge in [-0.25, -0.2) is 9.97 Å². The van der Waals surface area contributed by atoms with Crippen LogP contribution in [-0.4, -0.2) is 27.4 Å². The van der Waals surface area contributed by atoms with Crippen molar-refractivity contribution in [2.45, 2.75) is 63.7 Å². The lowest BCUT2D eigenvalue weighted by Gasteiger charge is -2.30. The number of aromatic nitrogens is 3. The minimum Gasteiger partial charge on any atom is -0.351 e. The van der Waals surface area contributed by atoms with Crippen molar-refractivity contribution >= 4 is 17.1 Å². The van der Waals surface area contributed by atoms with Crippen LogP contribution in [0.15, 0.2) is 12.4 Å². The molecule has 0 aromatic carbocycles. The molecule has 0 unspecified atom stereocenters. The maximum absolute atomic E-state index is 12.8. The van der Waals surface area contributed by atoms with Crippen LogP contribution in [0.25, 0.3) is 11.2 Å². The molecule has 5 rings (SSSR count). The Kier molecular flexibility index (Phi) is 3.57. The quantitative estimate of drug-likeness (QED) is 0.868. The van der Waals surface area contributed by atoms with Gasteiger partial charge in [0.25, 0.3) is 5.91 Å². The van der Waals surface area contributed by atoms with Gasteiger partial charge in [-0.05, 0) is 49.9 Å². The second-order valence-electron chi connectivity index (χ2n) is 8.35. The molecule has 132 valence electrons. The monoisotopic (exact) mass is 338 g/mol. The Morgan fingerprint density at radius 3 is 2.72 bits per heavy atom. The number of rotatable bonds is 5. The molecule has 3 aliphatic rings. The normalized spacial score (nSPS) is 22.9. The van der Waals surface area contributed by atoms with E-state index in [1.807, 2.05) is 6.20 Å². The Labute approximate surface area is 148 Å². The van der Waals surface area contributed by atoms with Crippen molar-refractivity contribution in [1.29, 1.82) is 0 Å². The van der Waals surface area contributed by atoms with E-state index in [-0.39, 0.29) is 5.91 Å². The zero-order chi connectivity index (χ0) is 16.9. The van der Waals surface area contributed by atoms with E-state index >= 15 is 0 Å². The van der Waals surface area contributed by atoms with E-state index in [9.17, 15) is 4.79 Å². The SMILES string of the molecule is O=C(NCC1(C2CCCCC2)CC1)c1c[nH]c2ncc(C3CC3)nc12. The smallest absolute Gasteiger partial charge is 0.255 e. The summed E-state index contributed by atoms with van der Waals surface area (Å²) in [5.41, 5.74) is 3.49. The van der Waals surface area contributed by atoms with Gasteiger partial charge in [0.2, 0.25) is 0 Å². The van der Waals surface area contributed by atoms with Gasteiger partial charge >= 0.3 is 0 Å². The molecule has 25 heavy (non-hydrogen) atoms. The molecule has 5 heteroatoms. The number of H-pyrrole nitrogens is 1. The van der Waals surface area contributed by atoms with Crippen LogP contribution in [0.3, 0.4) is 0 Å². The standard InChI is InChI=1S/C20H26N4O/c25-19(23-12-20(8-9-20)14-4-2-1-3-5-14)15-10-21-18-17(15)24-16(11-22-18)13-6-7-13/h10-11,13-14H,1-9,12H2,(H,21,22)(H,23,25). The van der Waals surface area contributed by atoms with E-state index < -0.39 is 0 Å². The number of hydrogen-bond acceptors (Lipinski definition) is 3. The van der Waals surface area contributed by atoms with Crippen LogP contribution in [0.4, 0.5) is 0 Å². The molecule has 0 atom stereocenters. The molecule has 0 saturated heterocycles. The van der Waals surface area contributed by atoms with E-state index in [4.69, 9.17) is 4.98 Å². The van der Waals surface area contributed by atoms with Gasteiger partial charge in [-0.15, -0.1) is 0 Å². The highest BCUT2D eigenvalue weighted by Crippen LogP contribution is 2.55. The van der Waals surface area contributed by atoms with Crippen LogP contribution < -0.4 is 5.32 Å². The summed E-state index contributed by atoms with van der Waals surface area (Å²) in [6.45, 7) is 0.818. The first-order valence-corrected chi connectivity index (χ1v) is 9.87. The molecule has 2 N–H and O–H groups in total. The van der Waals surface area contributed by atoms with Crippen LogP contribution >= 0.6 is 0 Å². The zero-order valence-electron chi connectivity index (χ0n) is 14.7. The molecule has 1 amide bonds. The van der Waals surface area contributed by atoms with E-state index in [2.05, 4.69) is 15.3 Å². The van der Waals surface area contributed by atoms with Gasteiger partial charge < -0.3 is 10.3 Å². The van der Waals surface area contributed by atoms with Crippen LogP contribution in [-0.2, 0) is 0 Å². The Bertz CT molecular complexity index is 797. The minimum atomic E-state index is -0.00409. The predicted molar refractivity (Wildman–Crippen MR) is 96.4 cm³/mol. The summed E-state index contributed by atoms with van der Waals surface area (Å²) >= 11 is 0. The first kappa shape index (κ1) is 15.4. The summed E-state index contributed by atoms with van der Waals surface area (Å²) in [6, 6.07) is 0. The third kappa shape index (κ3) is 2.83. The number of nitrogens with zero attached hydrogens (tertiary/aromatic N) is 2. The van der Waals surface area contributed by atoms with Crippen LogP contribution in [0, 0.1) is 11.3 Å². The molecular weight excluding hydrogens is 312 g/mol. The van der Waals surface area contributed by atoms with E-state index in [1.165, 1.54) is 57.8 Å². The molecule has 3 aliphatic carbocycles. The van der Waals surface area contributed by atoms with Crippen molar-refractivity contribution in [3.05, 3.63) is 23.7 Å². The largest absolute Gasteiger partial charge is 0.351 e. The van der Waals surface area contributed by atoms with Gasteiger partial charge in [-0.1, -0.05) is 19.3 Å². The highest BCUT2D eigenvalue weighted by Gasteiger charge is 2.49. The van der Waals surface area contributed by atoms with Crippen molar-refractivity contribution in [3.8, 4) is 0 Å². The third-order valence-electron chi connectivity index (χ3n) is 6.60. The summed E-state index contributed by atoms with van der Waals surface area (Å²) in [5.74, 6) is 1.35. The van der Waals surface area contributed by atoms with Crippen molar-refractivity contribution in [1.82, 2.24) is 20.3 Å². The van der Waals surface area contributed by atoms with Gasteiger partial charge in [0.1, 0.15) is 5.52 Å². The first-order valence-electron chi connectivity index (χ1n) is 9.87. The van der Waals surface area contributed by atoms with Crippen LogP contribution in [0.2, 0.25) is 0 Å². The number of amides is 1. The lowest BCUT2D eigenvalue weighted by molar-refractivity contribution is 0.0933. The third-order valence-corrected chi connectivity index (χ3v) is 6.60. The maximum atomic E-state index is 12.8. The van der Waals surface area contributed by atoms with Crippen molar-refractivity contribution in [2.24, 2.45) is 11.3 Å². The number of hydrogen-bond donors (Lipinski definition) is 2. The molecule has 0 radical (unpaired) electrons. The second-order valence-corrected chi connectivity index (χ2v) is 8.35. The van der Waals surface area contributed by atoms with Crippen molar-refractivity contribution < 1.29 is 4.79 Å². The summed E-state index contributed by atoms with van der Waals surface area (Å²) < 4.78 is 0. The number of nitrogens with one attached hydrogen (secondary N) is 2. The van der Waals surface area contributed by atoms with Crippen molar-refractivity contribution in [3.63, 3.8) is 0 Å². The Balaban J connectivity index is 1.31. The van der Waals surface area contributed by atoms with E-state index in [0.29, 0.717) is 22.5 Å². The summed E-state index contributed by atoms with van der Waals surface area (Å²) in [7, 11) is 0. The summed E-state index contributed by atoms with van der Waals surface area (Å²) in [6.07, 6.45) is 15.3. The molecule has 0 bridgehead atoms. The van der Waals surface area contributed by atoms with Gasteiger partial charge in [-0.3, -0.25) is 4.79 Å². The fraction of sp³-hybridized carbons (Fsp3) is 0.650. The molecule has 2 aromatic rings. The minimum absolute atomic E-state index is 0.00409. The average Bonchev–Trinajstić information content (AvgIpc) is 3.58. The van der Waals surface area contributed by atoms with E-state index in [1.54, 1.807) is 6.20 Å². The Morgan fingerprint density at radius 1 is 1.20 bits per heavy atom. The molecule has 3 saturated carbocycles. The molecular formula is C20H26N4O. The van der Waals surface area contributed by atoms with Gasteiger partial charge in [0, 0.05) is 18.7 Å². The average molecular weight is 338 g/mol. The van der Waals surface area contributed by atoms with Crippen molar-refractivity contribution in [2.75, 3.05) is 6.54 Å². The molecule has 0 aliphatic heterocycles. The molecule has 2 heterocycles. The Morgan fingerprint density at radius 2 is 2.00 bits per heavy atom. The molecule has 5 nitrogen and oxygen atoms in total. The molecule has 3 fully saturated rings. The number of carbonyl (C=O) groups excluding carboxylic acids is 1. The van der Waals surface area contributed by atoms with E-state index in [0.717, 1.165) is 23.7 Å². The van der Waals surface area contributed by atoms with Crippen LogP contribution in [0.5, 0.6) is 0 Å². The predicted octanol–water partition coefficient (Wildman–Crippen LogP) is 3.93. The first-order chi connectivity index (χ1) is 12.3. The van der Waals surface area contributed by atoms with Gasteiger partial charge in [0.05, 0.1) is 17.5 Å². The summed E-state index contributed by atoms with van der Waals surface area (Å²) in [4.78, 5) is 25.0. The number of aromatic amines is 1. The van der Waals surface area contributed by atoms with Gasteiger partial charge in [-0.2, -0.15) is 0 Å². The second kappa shape index (κ2) is 5.82. The fourth-order valence-corrected chi connectivity index (χ4v) is 4.61. The number of carbonyl (C=O) groups is 1. The number of fused-ring (bicyclic) bond motifs is 1. The lowest BCUT2D eigenvalue weighted by atomic mass is 9.77. The highest BCUT2D eigenvalue weighted by molar-refractivity contribution is 6.04. The zero-order valence-corrected chi connectivity index (χ0v) is 14.7.